The first-order chi connectivity index (χ1) is 13.1. The second kappa shape index (κ2) is 6.79. The third-order valence-corrected chi connectivity index (χ3v) is 3.90. The van der Waals surface area contributed by atoms with Gasteiger partial charge in [-0.2, -0.15) is 9.67 Å². The number of rotatable bonds is 4. The highest BCUT2D eigenvalue weighted by Crippen LogP contribution is 2.23. The van der Waals surface area contributed by atoms with Gasteiger partial charge in [-0.15, -0.1) is 5.10 Å². The molecule has 0 aliphatic carbocycles. The monoisotopic (exact) mass is 361 g/mol. The quantitative estimate of drug-likeness (QED) is 0.594. The van der Waals surface area contributed by atoms with Crippen LogP contribution in [0.3, 0.4) is 0 Å². The van der Waals surface area contributed by atoms with Crippen molar-refractivity contribution < 1.29 is 9.32 Å². The molecule has 0 aliphatic rings. The van der Waals surface area contributed by atoms with Gasteiger partial charge in [-0.3, -0.25) is 4.79 Å². The minimum atomic E-state index is -0.285. The second-order valence-electron chi connectivity index (χ2n) is 5.83. The van der Waals surface area contributed by atoms with Gasteiger partial charge in [0.15, 0.2) is 11.6 Å². The minimum Gasteiger partial charge on any atom is -0.334 e. The molecule has 134 valence electrons. The fourth-order valence-electron chi connectivity index (χ4n) is 2.66. The number of tetrazole rings is 1. The lowest BCUT2D eigenvalue weighted by molar-refractivity contribution is 0.102. The van der Waals surface area contributed by atoms with Crippen molar-refractivity contribution >= 4 is 11.6 Å². The van der Waals surface area contributed by atoms with E-state index in [9.17, 15) is 4.79 Å². The maximum Gasteiger partial charge on any atom is 0.258 e. The summed E-state index contributed by atoms with van der Waals surface area (Å²) in [6.07, 6.45) is 0. The van der Waals surface area contributed by atoms with Crippen molar-refractivity contribution in [2.45, 2.75) is 13.8 Å². The van der Waals surface area contributed by atoms with Crippen LogP contribution in [0.15, 0.2) is 53.1 Å². The predicted octanol–water partition coefficient (Wildman–Crippen LogP) is 2.58. The average Bonchev–Trinajstić information content (AvgIpc) is 3.30. The van der Waals surface area contributed by atoms with Gasteiger partial charge in [0.25, 0.3) is 11.8 Å². The maximum atomic E-state index is 12.8. The van der Waals surface area contributed by atoms with Crippen molar-refractivity contribution in [3.63, 3.8) is 0 Å². The zero-order valence-corrected chi connectivity index (χ0v) is 14.6. The fraction of sp³-hybridized carbons (Fsp3) is 0.111. The molecule has 0 saturated heterocycles. The van der Waals surface area contributed by atoms with Crippen LogP contribution >= 0.6 is 0 Å². The second-order valence-corrected chi connectivity index (χ2v) is 5.83. The highest BCUT2D eigenvalue weighted by atomic mass is 16.5. The number of aromatic nitrogens is 6. The van der Waals surface area contributed by atoms with E-state index in [1.807, 2.05) is 18.2 Å². The number of amides is 1. The van der Waals surface area contributed by atoms with Gasteiger partial charge >= 0.3 is 0 Å². The van der Waals surface area contributed by atoms with Crippen molar-refractivity contribution in [2.75, 3.05) is 5.32 Å². The Balaban J connectivity index is 1.63. The summed E-state index contributed by atoms with van der Waals surface area (Å²) in [6, 6.07) is 14.3. The normalized spacial score (nSPS) is 10.7. The lowest BCUT2D eigenvalue weighted by atomic mass is 10.1. The molecule has 2 heterocycles. The Morgan fingerprint density at radius 1 is 1.11 bits per heavy atom. The number of hydrogen-bond donors (Lipinski definition) is 1. The van der Waals surface area contributed by atoms with Gasteiger partial charge in [0.1, 0.15) is 0 Å². The number of nitrogens with one attached hydrogen (secondary N) is 1. The minimum absolute atomic E-state index is 0.285. The van der Waals surface area contributed by atoms with Crippen LogP contribution in [0.2, 0.25) is 0 Å². The molecule has 0 unspecified atom stereocenters. The predicted molar refractivity (Wildman–Crippen MR) is 96.3 cm³/mol. The van der Waals surface area contributed by atoms with Gasteiger partial charge < -0.3 is 9.84 Å². The third kappa shape index (κ3) is 3.30. The van der Waals surface area contributed by atoms with E-state index in [4.69, 9.17) is 4.52 Å². The first kappa shape index (κ1) is 16.6. The van der Waals surface area contributed by atoms with Crippen LogP contribution in [0, 0.1) is 13.8 Å². The van der Waals surface area contributed by atoms with Gasteiger partial charge in [-0.1, -0.05) is 23.4 Å². The summed E-state index contributed by atoms with van der Waals surface area (Å²) >= 11 is 0. The van der Waals surface area contributed by atoms with Crippen molar-refractivity contribution in [2.24, 2.45) is 0 Å². The molecule has 4 rings (SSSR count). The maximum absolute atomic E-state index is 12.8. The highest BCUT2D eigenvalue weighted by Gasteiger charge is 2.17. The lowest BCUT2D eigenvalue weighted by Gasteiger charge is -2.09. The molecule has 9 heteroatoms. The van der Waals surface area contributed by atoms with Gasteiger partial charge in [0, 0.05) is 5.69 Å². The Labute approximate surface area is 154 Å². The molecule has 0 fully saturated rings. The van der Waals surface area contributed by atoms with Gasteiger partial charge in [0.05, 0.1) is 16.8 Å². The fourth-order valence-corrected chi connectivity index (χ4v) is 2.66. The standard InChI is InChI=1S/C18H15N7O2/c1-11-19-18(27-22-11)16-9-4-3-8-15(16)17(26)20-13-6-5-7-14(10-13)25-12(2)21-23-24-25/h3-10H,1-2H3,(H,20,26). The number of hydrogen-bond acceptors (Lipinski definition) is 7. The van der Waals surface area contributed by atoms with Crippen LogP contribution < -0.4 is 5.32 Å². The van der Waals surface area contributed by atoms with Crippen LogP contribution in [0.4, 0.5) is 5.69 Å². The molecule has 2 aromatic heterocycles. The van der Waals surface area contributed by atoms with Gasteiger partial charge in [-0.05, 0) is 54.6 Å². The smallest absolute Gasteiger partial charge is 0.258 e. The van der Waals surface area contributed by atoms with Crippen molar-refractivity contribution in [3.8, 4) is 17.1 Å². The number of aryl methyl sites for hydroxylation is 2. The zero-order chi connectivity index (χ0) is 18.8. The van der Waals surface area contributed by atoms with E-state index in [2.05, 4.69) is 31.0 Å². The Hall–Kier alpha value is -3.88. The lowest BCUT2D eigenvalue weighted by Crippen LogP contribution is -2.13. The molecule has 1 amide bonds. The van der Waals surface area contributed by atoms with Crippen LogP contribution in [0.5, 0.6) is 0 Å². The molecule has 9 nitrogen and oxygen atoms in total. The van der Waals surface area contributed by atoms with E-state index in [-0.39, 0.29) is 5.91 Å². The average molecular weight is 361 g/mol. The molecule has 2 aromatic carbocycles. The third-order valence-electron chi connectivity index (χ3n) is 3.90. The molecule has 4 aromatic rings. The van der Waals surface area contributed by atoms with E-state index >= 15 is 0 Å². The van der Waals surface area contributed by atoms with Crippen LogP contribution in [0.25, 0.3) is 17.1 Å². The van der Waals surface area contributed by atoms with E-state index in [0.717, 1.165) is 5.69 Å². The molecule has 27 heavy (non-hydrogen) atoms. The van der Waals surface area contributed by atoms with E-state index < -0.39 is 0 Å². The van der Waals surface area contributed by atoms with Crippen molar-refractivity contribution in [1.29, 1.82) is 0 Å². The molecular formula is C18H15N7O2. The van der Waals surface area contributed by atoms with Crippen molar-refractivity contribution in [1.82, 2.24) is 30.3 Å². The SMILES string of the molecule is Cc1noc(-c2ccccc2C(=O)Nc2cccc(-n3nnnc3C)c2)n1. The van der Waals surface area contributed by atoms with Gasteiger partial charge in [-0.25, -0.2) is 0 Å². The number of anilines is 1. The molecule has 0 radical (unpaired) electrons. The molecular weight excluding hydrogens is 346 g/mol. The number of nitrogens with zero attached hydrogens (tertiary/aromatic N) is 6. The van der Waals surface area contributed by atoms with Gasteiger partial charge in [0.2, 0.25) is 0 Å². The summed E-state index contributed by atoms with van der Waals surface area (Å²) in [4.78, 5) is 17.0. The van der Waals surface area contributed by atoms with Crippen molar-refractivity contribution in [3.05, 3.63) is 65.7 Å². The molecule has 1 N–H and O–H groups in total. The van der Waals surface area contributed by atoms with Crippen LogP contribution in [-0.2, 0) is 0 Å². The summed E-state index contributed by atoms with van der Waals surface area (Å²) in [5, 5.41) is 18.1. The number of carbonyl (C=O) groups excluding carboxylic acids is 1. The van der Waals surface area contributed by atoms with Crippen LogP contribution in [-0.4, -0.2) is 36.3 Å². The zero-order valence-electron chi connectivity index (χ0n) is 14.6. The molecule has 0 saturated carbocycles. The Morgan fingerprint density at radius 3 is 2.70 bits per heavy atom. The summed E-state index contributed by atoms with van der Waals surface area (Å²) < 4.78 is 6.79. The summed E-state index contributed by atoms with van der Waals surface area (Å²) in [5.41, 5.74) is 2.37. The Morgan fingerprint density at radius 2 is 1.96 bits per heavy atom. The van der Waals surface area contributed by atoms with Crippen LogP contribution in [0.1, 0.15) is 22.0 Å². The molecule has 0 bridgehead atoms. The van der Waals surface area contributed by atoms with E-state index in [1.165, 1.54) is 0 Å². The van der Waals surface area contributed by atoms with E-state index in [1.54, 1.807) is 48.9 Å². The Bertz CT molecular complexity index is 1120. The number of carbonyl (C=O) groups is 1. The summed E-state index contributed by atoms with van der Waals surface area (Å²) in [5.74, 6) is 1.17. The summed E-state index contributed by atoms with van der Waals surface area (Å²) in [7, 11) is 0. The Kier molecular flexibility index (Phi) is 4.17. The molecule has 0 atom stereocenters. The molecule has 0 aliphatic heterocycles. The topological polar surface area (TPSA) is 112 Å². The van der Waals surface area contributed by atoms with E-state index in [0.29, 0.717) is 34.4 Å². The highest BCUT2D eigenvalue weighted by molar-refractivity contribution is 6.08. The largest absolute Gasteiger partial charge is 0.334 e. The first-order valence-corrected chi connectivity index (χ1v) is 8.18. The summed E-state index contributed by atoms with van der Waals surface area (Å²) in [6.45, 7) is 3.52. The first-order valence-electron chi connectivity index (χ1n) is 8.18. The number of benzene rings is 2. The molecule has 0 spiro atoms.